The molecule has 3 rings (SSSR count). The lowest BCUT2D eigenvalue weighted by Crippen LogP contribution is -2.26. The fourth-order valence-electron chi connectivity index (χ4n) is 2.70. The third-order valence-electron chi connectivity index (χ3n) is 3.74. The molecule has 2 unspecified atom stereocenters. The van der Waals surface area contributed by atoms with Gasteiger partial charge in [0.15, 0.2) is 11.9 Å². The molecule has 0 saturated carbocycles. The van der Waals surface area contributed by atoms with Crippen LogP contribution in [0.4, 0.5) is 0 Å². The smallest absolute Gasteiger partial charge is 0.173 e. The highest BCUT2D eigenvalue weighted by Gasteiger charge is 2.29. The van der Waals surface area contributed by atoms with E-state index in [4.69, 9.17) is 9.47 Å². The Balaban J connectivity index is 1.52. The molecule has 0 aromatic heterocycles. The molecule has 2 atom stereocenters. The second-order valence-electron chi connectivity index (χ2n) is 5.06. The highest BCUT2D eigenvalue weighted by Crippen LogP contribution is 2.29. The minimum absolute atomic E-state index is 0.210. The van der Waals surface area contributed by atoms with Gasteiger partial charge in [0, 0.05) is 19.4 Å². The molecule has 18 heavy (non-hydrogen) atoms. The lowest BCUT2D eigenvalue weighted by molar-refractivity contribution is -0.125. The Kier molecular flexibility index (Phi) is 3.33. The largest absolute Gasteiger partial charge is 0.482 e. The van der Waals surface area contributed by atoms with E-state index in [0.29, 0.717) is 6.42 Å². The summed E-state index contributed by atoms with van der Waals surface area (Å²) in [6.45, 7) is 0.851. The van der Waals surface area contributed by atoms with Gasteiger partial charge >= 0.3 is 0 Å². The molecule has 1 aromatic rings. The van der Waals surface area contributed by atoms with Gasteiger partial charge in [-0.25, -0.2) is 0 Å². The summed E-state index contributed by atoms with van der Waals surface area (Å²) in [5, 5.41) is 0. The topological polar surface area (TPSA) is 35.5 Å². The standard InChI is InChI=1S/C15H18O3/c16-13(8-7-12-5-3-9-17-12)15-10-11-4-1-2-6-14(11)18-15/h1-2,4,6,12,15H,3,5,7-10H2. The van der Waals surface area contributed by atoms with Gasteiger partial charge in [-0.05, 0) is 30.9 Å². The molecular formula is C15H18O3. The maximum atomic E-state index is 12.1. The highest BCUT2D eigenvalue weighted by molar-refractivity contribution is 5.84. The summed E-state index contributed by atoms with van der Waals surface area (Å²) in [6, 6.07) is 7.89. The van der Waals surface area contributed by atoms with E-state index in [-0.39, 0.29) is 18.0 Å². The van der Waals surface area contributed by atoms with Crippen LogP contribution in [0.3, 0.4) is 0 Å². The van der Waals surface area contributed by atoms with Crippen LogP contribution in [0.2, 0.25) is 0 Å². The highest BCUT2D eigenvalue weighted by atomic mass is 16.5. The number of ketones is 1. The van der Waals surface area contributed by atoms with Gasteiger partial charge in [-0.15, -0.1) is 0 Å². The van der Waals surface area contributed by atoms with Crippen LogP contribution in [0.5, 0.6) is 5.75 Å². The summed E-state index contributed by atoms with van der Waals surface area (Å²) in [4.78, 5) is 12.1. The maximum Gasteiger partial charge on any atom is 0.173 e. The fourth-order valence-corrected chi connectivity index (χ4v) is 2.70. The summed E-state index contributed by atoms with van der Waals surface area (Å²) in [7, 11) is 0. The zero-order chi connectivity index (χ0) is 12.4. The van der Waals surface area contributed by atoms with Crippen molar-refractivity contribution in [3.8, 4) is 5.75 Å². The van der Waals surface area contributed by atoms with E-state index in [9.17, 15) is 4.79 Å². The van der Waals surface area contributed by atoms with Gasteiger partial charge in [0.2, 0.25) is 0 Å². The Bertz CT molecular complexity index is 410. The number of ether oxygens (including phenoxy) is 2. The van der Waals surface area contributed by atoms with Crippen LogP contribution < -0.4 is 4.74 Å². The summed E-state index contributed by atoms with van der Waals surface area (Å²) >= 11 is 0. The van der Waals surface area contributed by atoms with Crippen molar-refractivity contribution in [2.45, 2.75) is 44.3 Å². The second kappa shape index (κ2) is 5.11. The Morgan fingerprint density at radius 3 is 3.00 bits per heavy atom. The summed E-state index contributed by atoms with van der Waals surface area (Å²) in [6.07, 6.45) is 4.38. The SMILES string of the molecule is O=C(CCC1CCCO1)C1Cc2ccccc2O1. The van der Waals surface area contributed by atoms with Crippen LogP contribution >= 0.6 is 0 Å². The Morgan fingerprint density at radius 2 is 2.22 bits per heavy atom. The van der Waals surface area contributed by atoms with Crippen molar-refractivity contribution < 1.29 is 14.3 Å². The minimum Gasteiger partial charge on any atom is -0.482 e. The molecule has 0 amide bonds. The number of fused-ring (bicyclic) bond motifs is 1. The Hall–Kier alpha value is -1.35. The normalized spacial score (nSPS) is 25.8. The van der Waals surface area contributed by atoms with E-state index < -0.39 is 0 Å². The molecule has 3 heteroatoms. The number of hydrogen-bond acceptors (Lipinski definition) is 3. The number of benzene rings is 1. The number of hydrogen-bond donors (Lipinski definition) is 0. The van der Waals surface area contributed by atoms with Gasteiger partial charge in [-0.3, -0.25) is 4.79 Å². The molecule has 0 bridgehead atoms. The van der Waals surface area contributed by atoms with Crippen molar-refractivity contribution in [3.63, 3.8) is 0 Å². The van der Waals surface area contributed by atoms with E-state index in [1.807, 2.05) is 24.3 Å². The van der Waals surface area contributed by atoms with Gasteiger partial charge in [0.05, 0.1) is 6.10 Å². The van der Waals surface area contributed by atoms with Gasteiger partial charge < -0.3 is 9.47 Å². The van der Waals surface area contributed by atoms with E-state index in [2.05, 4.69) is 0 Å². The van der Waals surface area contributed by atoms with Crippen LogP contribution in [0.1, 0.15) is 31.2 Å². The number of Topliss-reactive ketones (excluding diaryl/α,β-unsaturated/α-hetero) is 1. The van der Waals surface area contributed by atoms with E-state index in [1.54, 1.807) is 0 Å². The van der Waals surface area contributed by atoms with Crippen molar-refractivity contribution in [1.82, 2.24) is 0 Å². The van der Waals surface area contributed by atoms with E-state index in [1.165, 1.54) is 0 Å². The molecule has 2 heterocycles. The monoisotopic (exact) mass is 246 g/mol. The zero-order valence-electron chi connectivity index (χ0n) is 10.4. The van der Waals surface area contributed by atoms with Crippen LogP contribution in [0, 0.1) is 0 Å². The number of para-hydroxylation sites is 1. The molecule has 2 aliphatic rings. The third-order valence-corrected chi connectivity index (χ3v) is 3.74. The lowest BCUT2D eigenvalue weighted by Gasteiger charge is -2.12. The minimum atomic E-state index is -0.274. The first-order valence-corrected chi connectivity index (χ1v) is 6.72. The average Bonchev–Trinajstić information content (AvgIpc) is 3.04. The molecule has 0 N–H and O–H groups in total. The van der Waals surface area contributed by atoms with E-state index in [0.717, 1.165) is 43.6 Å². The van der Waals surface area contributed by atoms with Crippen molar-refractivity contribution in [2.24, 2.45) is 0 Å². The number of rotatable bonds is 4. The van der Waals surface area contributed by atoms with Crippen molar-refractivity contribution in [1.29, 1.82) is 0 Å². The van der Waals surface area contributed by atoms with Crippen molar-refractivity contribution >= 4 is 5.78 Å². The molecule has 0 radical (unpaired) electrons. The predicted octanol–water partition coefficient (Wildman–Crippen LogP) is 2.52. The zero-order valence-corrected chi connectivity index (χ0v) is 10.4. The molecule has 1 fully saturated rings. The first-order valence-electron chi connectivity index (χ1n) is 6.72. The molecule has 3 nitrogen and oxygen atoms in total. The van der Waals surface area contributed by atoms with Crippen molar-refractivity contribution in [3.05, 3.63) is 29.8 Å². The Morgan fingerprint density at radius 1 is 1.33 bits per heavy atom. The molecule has 2 aliphatic heterocycles. The molecule has 96 valence electrons. The quantitative estimate of drug-likeness (QED) is 0.819. The lowest BCUT2D eigenvalue weighted by atomic mass is 10.0. The van der Waals surface area contributed by atoms with E-state index >= 15 is 0 Å². The molecular weight excluding hydrogens is 228 g/mol. The van der Waals surface area contributed by atoms with Crippen LogP contribution in [-0.2, 0) is 16.0 Å². The fraction of sp³-hybridized carbons (Fsp3) is 0.533. The Labute approximate surface area is 107 Å². The third kappa shape index (κ3) is 2.41. The van der Waals surface area contributed by atoms with Crippen molar-refractivity contribution in [2.75, 3.05) is 6.61 Å². The summed E-state index contributed by atoms with van der Waals surface area (Å²) in [5.41, 5.74) is 1.15. The second-order valence-corrected chi connectivity index (χ2v) is 5.06. The summed E-state index contributed by atoms with van der Waals surface area (Å²) in [5.74, 6) is 1.08. The summed E-state index contributed by atoms with van der Waals surface area (Å²) < 4.78 is 11.2. The first-order chi connectivity index (χ1) is 8.83. The van der Waals surface area contributed by atoms with Gasteiger partial charge in [0.1, 0.15) is 5.75 Å². The molecule has 1 aromatic carbocycles. The first kappa shape index (κ1) is 11.7. The number of carbonyl (C=O) groups is 1. The average molecular weight is 246 g/mol. The molecule has 1 saturated heterocycles. The van der Waals surface area contributed by atoms with Crippen LogP contribution in [0.25, 0.3) is 0 Å². The van der Waals surface area contributed by atoms with Gasteiger partial charge in [-0.1, -0.05) is 18.2 Å². The predicted molar refractivity (Wildman–Crippen MR) is 67.8 cm³/mol. The number of carbonyl (C=O) groups excluding carboxylic acids is 1. The van der Waals surface area contributed by atoms with Crippen LogP contribution in [0.15, 0.2) is 24.3 Å². The molecule has 0 spiro atoms. The van der Waals surface area contributed by atoms with Crippen LogP contribution in [-0.4, -0.2) is 24.6 Å². The van der Waals surface area contributed by atoms with Gasteiger partial charge in [0.25, 0.3) is 0 Å². The van der Waals surface area contributed by atoms with Gasteiger partial charge in [-0.2, -0.15) is 0 Å². The molecule has 0 aliphatic carbocycles. The maximum absolute atomic E-state index is 12.1.